The van der Waals surface area contributed by atoms with Crippen LogP contribution < -0.4 is 10.6 Å². The van der Waals surface area contributed by atoms with Crippen molar-refractivity contribution in [3.63, 3.8) is 0 Å². The van der Waals surface area contributed by atoms with Crippen LogP contribution in [0.4, 0.5) is 0 Å². The van der Waals surface area contributed by atoms with Crippen molar-refractivity contribution in [2.75, 3.05) is 20.2 Å². The first-order valence-electron chi connectivity index (χ1n) is 16.3. The summed E-state index contributed by atoms with van der Waals surface area (Å²) < 4.78 is 8.02. The van der Waals surface area contributed by atoms with E-state index in [1.807, 2.05) is 12.5 Å². The van der Waals surface area contributed by atoms with Gasteiger partial charge >= 0.3 is 0 Å². The molecule has 7 heteroatoms. The summed E-state index contributed by atoms with van der Waals surface area (Å²) in [7, 11) is 3.83. The van der Waals surface area contributed by atoms with E-state index in [1.54, 1.807) is 7.11 Å². The molecule has 1 aromatic heterocycles. The van der Waals surface area contributed by atoms with Gasteiger partial charge < -0.3 is 24.8 Å². The first-order chi connectivity index (χ1) is 21.4. The molecule has 2 aliphatic heterocycles. The number of nitrogens with zero attached hydrogens (tertiary/aromatic N) is 3. The predicted molar refractivity (Wildman–Crippen MR) is 175 cm³/mol. The molecule has 0 radical (unpaired) electrons. The zero-order chi connectivity index (χ0) is 30.4. The zero-order valence-corrected chi connectivity index (χ0v) is 26.4. The lowest BCUT2D eigenvalue weighted by molar-refractivity contribution is -0.131. The number of hydrogen-bond acceptors (Lipinski definition) is 5. The van der Waals surface area contributed by atoms with Crippen molar-refractivity contribution in [2.45, 2.75) is 76.0 Å². The van der Waals surface area contributed by atoms with E-state index in [2.05, 4.69) is 88.3 Å². The fraction of sp³-hybridized carbons (Fsp3) is 0.459. The van der Waals surface area contributed by atoms with E-state index in [-0.39, 0.29) is 17.7 Å². The van der Waals surface area contributed by atoms with Crippen LogP contribution in [0.3, 0.4) is 0 Å². The van der Waals surface area contributed by atoms with E-state index in [1.165, 1.54) is 51.8 Å². The Morgan fingerprint density at radius 3 is 2.70 bits per heavy atom. The molecule has 230 valence electrons. The molecule has 3 heterocycles. The summed E-state index contributed by atoms with van der Waals surface area (Å²) >= 11 is 0. The first kappa shape index (κ1) is 28.9. The fourth-order valence-electron chi connectivity index (χ4n) is 7.26. The van der Waals surface area contributed by atoms with Crippen LogP contribution in [0.15, 0.2) is 78.6 Å². The number of allylic oxidation sites excluding steroid dienone is 2. The van der Waals surface area contributed by atoms with Gasteiger partial charge in [0.15, 0.2) is 0 Å². The van der Waals surface area contributed by atoms with Crippen LogP contribution in [0.2, 0.25) is 0 Å². The summed E-state index contributed by atoms with van der Waals surface area (Å²) in [5.74, 6) is 1.12. The number of aromatic nitrogens is 2. The molecule has 3 fully saturated rings. The maximum absolute atomic E-state index is 13.0. The van der Waals surface area contributed by atoms with Gasteiger partial charge in [-0.3, -0.25) is 4.79 Å². The van der Waals surface area contributed by atoms with Crippen molar-refractivity contribution in [3.05, 3.63) is 101 Å². The third-order valence-electron chi connectivity index (χ3n) is 10.4. The SMILES string of the molecule is C=C(NC(C1=CC2=CC=CNC2C(=C2CCN(C(=O)CCC3CC3)CC2)c2ccc(C)cc21)c1cncn1C)C1(OC)CC1. The number of piperidine rings is 1. The minimum Gasteiger partial charge on any atom is -0.380 e. The largest absolute Gasteiger partial charge is 0.380 e. The molecule has 1 saturated heterocycles. The second-order valence-electron chi connectivity index (χ2n) is 13.3. The van der Waals surface area contributed by atoms with Crippen LogP contribution in [0.1, 0.15) is 79.8 Å². The van der Waals surface area contributed by atoms with Crippen LogP contribution in [-0.4, -0.2) is 52.2 Å². The quantitative estimate of drug-likeness (QED) is 0.367. The van der Waals surface area contributed by atoms with Crippen LogP contribution in [0.25, 0.3) is 11.1 Å². The highest BCUT2D eigenvalue weighted by molar-refractivity contribution is 5.91. The zero-order valence-electron chi connectivity index (χ0n) is 26.4. The topological polar surface area (TPSA) is 71.4 Å². The van der Waals surface area contributed by atoms with Crippen molar-refractivity contribution in [2.24, 2.45) is 13.0 Å². The molecular weight excluding hydrogens is 546 g/mol. The third kappa shape index (κ3) is 5.47. The molecule has 2 saturated carbocycles. The van der Waals surface area contributed by atoms with Crippen LogP contribution in [0.5, 0.6) is 0 Å². The third-order valence-corrected chi connectivity index (χ3v) is 10.4. The Bertz CT molecular complexity index is 1590. The van der Waals surface area contributed by atoms with E-state index >= 15 is 0 Å². The number of benzene rings is 1. The van der Waals surface area contributed by atoms with E-state index in [4.69, 9.17) is 4.74 Å². The molecule has 3 aliphatic carbocycles. The van der Waals surface area contributed by atoms with Gasteiger partial charge in [-0.15, -0.1) is 0 Å². The predicted octanol–water partition coefficient (Wildman–Crippen LogP) is 6.13. The number of carbonyl (C=O) groups is 1. The molecule has 2 N–H and O–H groups in total. The van der Waals surface area contributed by atoms with E-state index in [0.29, 0.717) is 12.3 Å². The molecule has 1 amide bonds. The molecule has 0 bridgehead atoms. The van der Waals surface area contributed by atoms with Crippen molar-refractivity contribution in [3.8, 4) is 0 Å². The molecule has 2 atom stereocenters. The molecule has 7 nitrogen and oxygen atoms in total. The number of methoxy groups -OCH3 is 1. The number of carbonyl (C=O) groups excluding carboxylic acids is 1. The second kappa shape index (κ2) is 11.6. The Hall–Kier alpha value is -3.84. The Labute approximate surface area is 261 Å². The number of imidazole rings is 1. The number of amides is 1. The van der Waals surface area contributed by atoms with Crippen molar-refractivity contribution in [1.29, 1.82) is 0 Å². The summed E-state index contributed by atoms with van der Waals surface area (Å²) in [6.45, 7) is 8.24. The van der Waals surface area contributed by atoms with Gasteiger partial charge in [-0.25, -0.2) is 4.98 Å². The van der Waals surface area contributed by atoms with Gasteiger partial charge in [0.05, 0.1) is 30.3 Å². The lowest BCUT2D eigenvalue weighted by Gasteiger charge is -2.33. The highest BCUT2D eigenvalue weighted by atomic mass is 16.5. The molecular formula is C37H45N5O2. The number of fused-ring (bicyclic) bond motifs is 2. The van der Waals surface area contributed by atoms with Gasteiger partial charge in [-0.05, 0) is 85.1 Å². The molecule has 0 spiro atoms. The van der Waals surface area contributed by atoms with Crippen molar-refractivity contribution in [1.82, 2.24) is 25.1 Å². The highest BCUT2D eigenvalue weighted by Gasteiger charge is 2.47. The lowest BCUT2D eigenvalue weighted by atomic mass is 9.83. The molecule has 7 rings (SSSR count). The van der Waals surface area contributed by atoms with Gasteiger partial charge in [0.1, 0.15) is 5.60 Å². The van der Waals surface area contributed by atoms with Crippen molar-refractivity contribution < 1.29 is 9.53 Å². The first-order valence-corrected chi connectivity index (χ1v) is 16.3. The maximum atomic E-state index is 13.0. The monoisotopic (exact) mass is 591 g/mol. The Morgan fingerprint density at radius 1 is 1.23 bits per heavy atom. The van der Waals surface area contributed by atoms with E-state index in [0.717, 1.165) is 62.5 Å². The Morgan fingerprint density at radius 2 is 2.02 bits per heavy atom. The standard InChI is InChI=1S/C37H45N5O2/c1-24-7-11-29-30(20-24)31(36(32-22-38-23-41(32)3)40-25(2)37(44-4)15-16-37)21-28-6-5-17-39-35(28)34(29)27-13-18-42(19-14-27)33(43)12-10-26-8-9-26/h5-7,11,17,20-23,26,35-36,39-40H,2,8-10,12-16,18-19H2,1,3-4H3. The molecule has 2 unspecified atom stereocenters. The lowest BCUT2D eigenvalue weighted by Crippen LogP contribution is -2.37. The minimum absolute atomic E-state index is 0.0372. The highest BCUT2D eigenvalue weighted by Crippen LogP contribution is 2.48. The van der Waals surface area contributed by atoms with Gasteiger partial charge in [0.25, 0.3) is 0 Å². The number of rotatable bonds is 9. The Balaban J connectivity index is 1.29. The summed E-state index contributed by atoms with van der Waals surface area (Å²) in [5, 5.41) is 7.55. The molecule has 1 aromatic carbocycles. The smallest absolute Gasteiger partial charge is 0.222 e. The number of aryl methyl sites for hydroxylation is 2. The van der Waals surface area contributed by atoms with Gasteiger partial charge in [-0.2, -0.15) is 0 Å². The number of nitrogens with one attached hydrogen (secondary N) is 2. The van der Waals surface area contributed by atoms with E-state index in [9.17, 15) is 4.79 Å². The second-order valence-corrected chi connectivity index (χ2v) is 13.3. The fourth-order valence-corrected chi connectivity index (χ4v) is 7.26. The van der Waals surface area contributed by atoms with Gasteiger partial charge in [0.2, 0.25) is 5.91 Å². The van der Waals surface area contributed by atoms with Crippen LogP contribution in [0, 0.1) is 12.8 Å². The summed E-state index contributed by atoms with van der Waals surface area (Å²) in [6, 6.07) is 6.74. The number of likely N-dealkylation sites (tertiary alicyclic amines) is 1. The summed E-state index contributed by atoms with van der Waals surface area (Å²) in [5.41, 5.74) is 10.6. The van der Waals surface area contributed by atoms with Crippen LogP contribution >= 0.6 is 0 Å². The minimum atomic E-state index is -0.314. The van der Waals surface area contributed by atoms with Gasteiger partial charge in [0, 0.05) is 39.4 Å². The maximum Gasteiger partial charge on any atom is 0.222 e. The Kier molecular flexibility index (Phi) is 7.61. The van der Waals surface area contributed by atoms with Crippen LogP contribution in [-0.2, 0) is 16.6 Å². The average Bonchev–Trinajstić information content (AvgIpc) is 3.97. The van der Waals surface area contributed by atoms with Crippen molar-refractivity contribution >= 4 is 17.1 Å². The molecule has 2 aromatic rings. The summed E-state index contributed by atoms with van der Waals surface area (Å²) in [4.78, 5) is 19.6. The van der Waals surface area contributed by atoms with Gasteiger partial charge in [-0.1, -0.05) is 60.9 Å². The number of dihydropyridines is 1. The molecule has 5 aliphatic rings. The molecule has 44 heavy (non-hydrogen) atoms. The normalized spacial score (nSPS) is 22.6. The van der Waals surface area contributed by atoms with E-state index < -0.39 is 0 Å². The summed E-state index contributed by atoms with van der Waals surface area (Å²) in [6.07, 6.45) is 20.7. The number of hydrogen-bond donors (Lipinski definition) is 2. The average molecular weight is 592 g/mol. The number of ether oxygens (including phenoxy) is 1.